The lowest BCUT2D eigenvalue weighted by molar-refractivity contribution is 1.04. The largest absolute Gasteiger partial charge is 0.308 e. The molecular weight excluding hydrogens is 689 g/mol. The molecule has 4 nitrogen and oxygen atoms in total. The van der Waals surface area contributed by atoms with Gasteiger partial charge < -0.3 is 4.90 Å². The number of benzene rings is 7. The molecule has 1 aliphatic heterocycles. The molecule has 3 heterocycles. The molecule has 0 saturated heterocycles. The van der Waals surface area contributed by atoms with E-state index in [1.54, 1.807) is 6.08 Å². The number of anilines is 3. The second kappa shape index (κ2) is 13.5. The second-order valence-electron chi connectivity index (χ2n) is 13.5. The number of para-hydroxylation sites is 2. The zero-order valence-corrected chi connectivity index (χ0v) is 30.7. The summed E-state index contributed by atoms with van der Waals surface area (Å²) in [5.74, 6) is 1.43. The number of aromatic nitrogens is 3. The highest BCUT2D eigenvalue weighted by atomic mass is 32.2. The molecule has 0 bridgehead atoms. The highest BCUT2D eigenvalue weighted by Crippen LogP contribution is 2.52. The maximum atomic E-state index is 5.24. The highest BCUT2D eigenvalue weighted by molar-refractivity contribution is 7.99. The van der Waals surface area contributed by atoms with Crippen LogP contribution in [-0.2, 0) is 0 Å². The van der Waals surface area contributed by atoms with Crippen molar-refractivity contribution in [2.75, 3.05) is 4.90 Å². The first-order valence-electron chi connectivity index (χ1n) is 18.3. The second-order valence-corrected chi connectivity index (χ2v) is 14.6. The van der Waals surface area contributed by atoms with Gasteiger partial charge >= 0.3 is 0 Å². The Labute approximate surface area is 324 Å². The highest BCUT2D eigenvalue weighted by Gasteiger charge is 2.25. The maximum Gasteiger partial charge on any atom is 0.162 e. The maximum absolute atomic E-state index is 5.24. The SMILES string of the molecule is C=C/C=C(\C=C)c1cc(-n2c3ccc(-c4ccc5c(c4)Sc4ccccc4N5c4ccccc4)cc3c3c4ccccc4ccc32)nc(-c2ccccc2)n1. The summed E-state index contributed by atoms with van der Waals surface area (Å²) in [5, 5.41) is 4.75. The molecule has 5 heteroatoms. The van der Waals surface area contributed by atoms with Crippen molar-refractivity contribution in [3.8, 4) is 28.3 Å². The average molecular weight is 723 g/mol. The van der Waals surface area contributed by atoms with Crippen molar-refractivity contribution < 1.29 is 0 Å². The third kappa shape index (κ3) is 5.56. The minimum Gasteiger partial charge on any atom is -0.308 e. The Morgan fingerprint density at radius 1 is 0.564 bits per heavy atom. The normalized spacial score (nSPS) is 12.5. The molecule has 0 saturated carbocycles. The minimum absolute atomic E-state index is 0.648. The van der Waals surface area contributed by atoms with E-state index in [0.717, 1.165) is 50.3 Å². The van der Waals surface area contributed by atoms with E-state index in [0.29, 0.717) is 5.82 Å². The van der Waals surface area contributed by atoms with Crippen LogP contribution < -0.4 is 4.90 Å². The number of hydrogen-bond donors (Lipinski definition) is 0. The Morgan fingerprint density at radius 2 is 1.27 bits per heavy atom. The van der Waals surface area contributed by atoms with Crippen molar-refractivity contribution in [2.45, 2.75) is 9.79 Å². The van der Waals surface area contributed by atoms with Crippen molar-refractivity contribution in [2.24, 2.45) is 0 Å². The van der Waals surface area contributed by atoms with Crippen LogP contribution in [0.2, 0.25) is 0 Å². The van der Waals surface area contributed by atoms with Gasteiger partial charge in [-0.3, -0.25) is 4.57 Å². The van der Waals surface area contributed by atoms with Gasteiger partial charge in [-0.1, -0.05) is 146 Å². The van der Waals surface area contributed by atoms with E-state index in [-0.39, 0.29) is 0 Å². The quantitative estimate of drug-likeness (QED) is 0.153. The third-order valence-corrected chi connectivity index (χ3v) is 11.4. The van der Waals surface area contributed by atoms with Crippen LogP contribution in [0, 0.1) is 0 Å². The number of hydrogen-bond acceptors (Lipinski definition) is 4. The Morgan fingerprint density at radius 3 is 2.11 bits per heavy atom. The summed E-state index contributed by atoms with van der Waals surface area (Å²) in [4.78, 5) is 15.1. The van der Waals surface area contributed by atoms with Crippen molar-refractivity contribution in [3.05, 3.63) is 201 Å². The number of allylic oxidation sites excluding steroid dienone is 4. The molecule has 0 atom stereocenters. The van der Waals surface area contributed by atoms with Gasteiger partial charge in [0.05, 0.1) is 28.1 Å². The molecule has 1 aliphatic rings. The van der Waals surface area contributed by atoms with Gasteiger partial charge in [-0.25, -0.2) is 9.97 Å². The molecule has 0 amide bonds. The molecule has 0 radical (unpaired) electrons. The molecule has 0 N–H and O–H groups in total. The van der Waals surface area contributed by atoms with E-state index >= 15 is 0 Å². The Kier molecular flexibility index (Phi) is 8.01. The summed E-state index contributed by atoms with van der Waals surface area (Å²) in [5.41, 5.74) is 10.6. The molecule has 260 valence electrons. The molecule has 0 fully saturated rings. The van der Waals surface area contributed by atoms with E-state index < -0.39 is 0 Å². The summed E-state index contributed by atoms with van der Waals surface area (Å²) in [6, 6.07) is 58.3. The van der Waals surface area contributed by atoms with Gasteiger partial charge in [0.15, 0.2) is 5.82 Å². The monoisotopic (exact) mass is 722 g/mol. The molecule has 2 aromatic heterocycles. The Hall–Kier alpha value is -6.95. The van der Waals surface area contributed by atoms with Gasteiger partial charge in [0.25, 0.3) is 0 Å². The van der Waals surface area contributed by atoms with Gasteiger partial charge in [0.2, 0.25) is 0 Å². The first-order valence-corrected chi connectivity index (χ1v) is 19.1. The van der Waals surface area contributed by atoms with Gasteiger partial charge in [0.1, 0.15) is 5.82 Å². The molecule has 7 aromatic carbocycles. The summed E-state index contributed by atoms with van der Waals surface area (Å²) >= 11 is 1.83. The summed E-state index contributed by atoms with van der Waals surface area (Å²) in [6.07, 6.45) is 5.53. The van der Waals surface area contributed by atoms with Crippen LogP contribution in [-0.4, -0.2) is 14.5 Å². The van der Waals surface area contributed by atoms with Crippen molar-refractivity contribution in [3.63, 3.8) is 0 Å². The van der Waals surface area contributed by atoms with Crippen LogP contribution >= 0.6 is 11.8 Å². The molecule has 10 rings (SSSR count). The first-order chi connectivity index (χ1) is 27.2. The molecular formula is C50H34N4S. The predicted octanol–water partition coefficient (Wildman–Crippen LogP) is 13.8. The van der Waals surface area contributed by atoms with Gasteiger partial charge in [0, 0.05) is 37.9 Å². The number of rotatable bonds is 7. The van der Waals surface area contributed by atoms with Crippen LogP contribution in [0.4, 0.5) is 17.1 Å². The van der Waals surface area contributed by atoms with Gasteiger partial charge in [-0.05, 0) is 82.1 Å². The fourth-order valence-electron chi connectivity index (χ4n) is 7.81. The van der Waals surface area contributed by atoms with Crippen molar-refractivity contribution in [1.29, 1.82) is 0 Å². The van der Waals surface area contributed by atoms with E-state index in [2.05, 4.69) is 156 Å². The molecule has 0 aliphatic carbocycles. The lowest BCUT2D eigenvalue weighted by atomic mass is 9.99. The van der Waals surface area contributed by atoms with E-state index in [1.807, 2.05) is 54.2 Å². The first kappa shape index (κ1) is 32.7. The molecule has 0 unspecified atom stereocenters. The summed E-state index contributed by atoms with van der Waals surface area (Å²) < 4.78 is 2.28. The lowest BCUT2D eigenvalue weighted by Gasteiger charge is -2.33. The van der Waals surface area contributed by atoms with Crippen LogP contribution in [0.25, 0.3) is 66.5 Å². The molecule has 9 aromatic rings. The average Bonchev–Trinajstić information content (AvgIpc) is 3.59. The topological polar surface area (TPSA) is 34.0 Å². The minimum atomic E-state index is 0.648. The van der Waals surface area contributed by atoms with E-state index in [9.17, 15) is 0 Å². The predicted molar refractivity (Wildman–Crippen MR) is 232 cm³/mol. The van der Waals surface area contributed by atoms with Crippen molar-refractivity contribution >= 4 is 67.0 Å². The van der Waals surface area contributed by atoms with Crippen LogP contribution in [0.3, 0.4) is 0 Å². The lowest BCUT2D eigenvalue weighted by Crippen LogP contribution is -2.14. The van der Waals surface area contributed by atoms with Crippen LogP contribution in [0.5, 0.6) is 0 Å². The fraction of sp³-hybridized carbons (Fsp3) is 0. The Balaban J connectivity index is 1.19. The van der Waals surface area contributed by atoms with E-state index in [4.69, 9.17) is 9.97 Å². The van der Waals surface area contributed by atoms with Gasteiger partial charge in [-0.15, -0.1) is 0 Å². The van der Waals surface area contributed by atoms with Crippen molar-refractivity contribution in [1.82, 2.24) is 14.5 Å². The van der Waals surface area contributed by atoms with Gasteiger partial charge in [-0.2, -0.15) is 0 Å². The molecule has 55 heavy (non-hydrogen) atoms. The number of nitrogens with zero attached hydrogens (tertiary/aromatic N) is 4. The summed E-state index contributed by atoms with van der Waals surface area (Å²) in [6.45, 7) is 8.04. The Bertz CT molecular complexity index is 3000. The molecule has 0 spiro atoms. The van der Waals surface area contributed by atoms with E-state index in [1.165, 1.54) is 42.9 Å². The van der Waals surface area contributed by atoms with Crippen LogP contribution in [0.15, 0.2) is 205 Å². The zero-order chi connectivity index (χ0) is 36.9. The third-order valence-electron chi connectivity index (χ3n) is 10.3. The van der Waals surface area contributed by atoms with Crippen LogP contribution in [0.1, 0.15) is 5.69 Å². The standard InChI is InChI=1S/C50H34N4S/c1-3-15-33(4-2)41-32-48(52-50(51-41)35-17-7-5-8-18-35)54-42-27-25-36(30-40(42)49-39-21-12-11-16-34(39)24-29-45(49)54)37-26-28-44-47(31-37)55-46-23-14-13-22-43(46)53(44)38-19-9-6-10-20-38/h3-32H,1-2H2/b33-15+. The fourth-order valence-corrected chi connectivity index (χ4v) is 8.90. The smallest absolute Gasteiger partial charge is 0.162 e. The number of fused-ring (bicyclic) bond motifs is 7. The summed E-state index contributed by atoms with van der Waals surface area (Å²) in [7, 11) is 0. The zero-order valence-electron chi connectivity index (χ0n) is 29.9.